The molecule has 1 unspecified atom stereocenters. The summed E-state index contributed by atoms with van der Waals surface area (Å²) in [5.74, 6) is -0.525. The van der Waals surface area contributed by atoms with Crippen molar-refractivity contribution in [3.05, 3.63) is 107 Å². The van der Waals surface area contributed by atoms with Crippen LogP contribution in [0.3, 0.4) is 0 Å². The number of rotatable bonds is 6. The lowest BCUT2D eigenvalue weighted by Crippen LogP contribution is -2.35. The fourth-order valence-corrected chi connectivity index (χ4v) is 4.49. The fraction of sp³-hybridized carbons (Fsp3) is 0.0714. The number of benzene rings is 2. The van der Waals surface area contributed by atoms with E-state index in [0.29, 0.717) is 29.3 Å². The summed E-state index contributed by atoms with van der Waals surface area (Å²) in [6.07, 6.45) is 7.26. The molecule has 38 heavy (non-hydrogen) atoms. The number of H-pyrrole nitrogens is 1. The summed E-state index contributed by atoms with van der Waals surface area (Å²) in [5.41, 5.74) is 5.27. The number of amides is 1. The molecule has 6 rings (SSSR count). The van der Waals surface area contributed by atoms with Crippen LogP contribution in [0.1, 0.15) is 49.6 Å². The number of carbonyl (C=O) groups excluding carboxylic acids is 1. The lowest BCUT2D eigenvalue weighted by molar-refractivity contribution is 0.0696. The van der Waals surface area contributed by atoms with Crippen LogP contribution < -0.4 is 5.32 Å². The molecule has 4 heterocycles. The van der Waals surface area contributed by atoms with E-state index in [1.165, 1.54) is 12.1 Å². The molecule has 1 atom stereocenters. The number of pyridine rings is 1. The number of aromatic amines is 1. The summed E-state index contributed by atoms with van der Waals surface area (Å²) in [6.45, 7) is 0. The number of fused-ring (bicyclic) bond motifs is 1. The molecule has 3 N–H and O–H groups in total. The molecule has 0 saturated heterocycles. The highest BCUT2D eigenvalue weighted by molar-refractivity contribution is 5.97. The zero-order valence-corrected chi connectivity index (χ0v) is 19.8. The minimum atomic E-state index is -1.01. The zero-order valence-electron chi connectivity index (χ0n) is 19.8. The molecule has 3 aromatic heterocycles. The predicted molar refractivity (Wildman–Crippen MR) is 138 cm³/mol. The summed E-state index contributed by atoms with van der Waals surface area (Å²) in [7, 11) is 0. The Morgan fingerprint density at radius 2 is 1.76 bits per heavy atom. The van der Waals surface area contributed by atoms with Gasteiger partial charge < -0.3 is 14.8 Å². The van der Waals surface area contributed by atoms with Crippen LogP contribution in [-0.2, 0) is 6.42 Å². The first-order valence-electron chi connectivity index (χ1n) is 11.8. The van der Waals surface area contributed by atoms with Gasteiger partial charge in [0, 0.05) is 35.2 Å². The molecule has 5 aromatic rings. The van der Waals surface area contributed by atoms with E-state index >= 15 is 0 Å². The lowest BCUT2D eigenvalue weighted by atomic mass is 9.90. The van der Waals surface area contributed by atoms with Gasteiger partial charge in [-0.15, -0.1) is 10.2 Å². The van der Waals surface area contributed by atoms with Crippen LogP contribution in [-0.4, -0.2) is 42.4 Å². The molecule has 0 fully saturated rings. The van der Waals surface area contributed by atoms with Crippen molar-refractivity contribution in [1.29, 1.82) is 0 Å². The maximum Gasteiger partial charge on any atom is 0.335 e. The van der Waals surface area contributed by atoms with E-state index in [1.807, 2.05) is 18.2 Å². The van der Waals surface area contributed by atoms with Crippen molar-refractivity contribution in [1.82, 2.24) is 30.7 Å². The third-order valence-corrected chi connectivity index (χ3v) is 6.33. The standard InChI is InChI=1S/C28H20N6O4/c35-26-20-4-2-1-3-19(20)15-22(30-26)25-24(16-5-7-18(8-6-16)28(36)37)21(31-33-25)9-10-23-32-34-27(38-23)17-11-13-29-14-12-17/h1-14,22H,15H2,(H,30,35)(H,31,33)(H,36,37)/b10-9+. The van der Waals surface area contributed by atoms with E-state index in [9.17, 15) is 14.7 Å². The van der Waals surface area contributed by atoms with Gasteiger partial charge in [-0.25, -0.2) is 4.79 Å². The number of aromatic carboxylic acids is 1. The maximum atomic E-state index is 12.8. The molecule has 2 aromatic carbocycles. The molecule has 10 heteroatoms. The van der Waals surface area contributed by atoms with Gasteiger partial charge in [0.25, 0.3) is 5.91 Å². The largest absolute Gasteiger partial charge is 0.478 e. The lowest BCUT2D eigenvalue weighted by Gasteiger charge is -2.25. The number of hydrogen-bond donors (Lipinski definition) is 3. The third-order valence-electron chi connectivity index (χ3n) is 6.33. The topological polar surface area (TPSA) is 147 Å². The highest BCUT2D eigenvalue weighted by atomic mass is 16.4. The van der Waals surface area contributed by atoms with Crippen molar-refractivity contribution < 1.29 is 19.1 Å². The van der Waals surface area contributed by atoms with Crippen molar-refractivity contribution in [3.8, 4) is 22.6 Å². The number of aromatic nitrogens is 5. The Labute approximate surface area is 216 Å². The summed E-state index contributed by atoms with van der Waals surface area (Å²) >= 11 is 0. The molecule has 1 amide bonds. The predicted octanol–water partition coefficient (Wildman–Crippen LogP) is 4.42. The smallest absolute Gasteiger partial charge is 0.335 e. The molecular weight excluding hydrogens is 484 g/mol. The number of nitrogens with one attached hydrogen (secondary N) is 2. The minimum Gasteiger partial charge on any atom is -0.478 e. The Kier molecular flexibility index (Phi) is 5.81. The van der Waals surface area contributed by atoms with Crippen molar-refractivity contribution in [2.24, 2.45) is 0 Å². The SMILES string of the molecule is O=C(O)c1ccc(-c2c(/C=C/c3nnc(-c4ccncc4)o3)n[nH]c2C2Cc3ccccc3C(=O)N2)cc1. The van der Waals surface area contributed by atoms with Crippen LogP contribution in [0, 0.1) is 0 Å². The first kappa shape index (κ1) is 23.0. The molecule has 0 aliphatic carbocycles. The van der Waals surface area contributed by atoms with Crippen molar-refractivity contribution in [3.63, 3.8) is 0 Å². The second-order valence-corrected chi connectivity index (χ2v) is 8.68. The van der Waals surface area contributed by atoms with Crippen molar-refractivity contribution in [2.75, 3.05) is 0 Å². The summed E-state index contributed by atoms with van der Waals surface area (Å²) in [4.78, 5) is 28.2. The van der Waals surface area contributed by atoms with Crippen molar-refractivity contribution >= 4 is 24.0 Å². The molecular formula is C28H20N6O4. The van der Waals surface area contributed by atoms with Gasteiger partial charge in [-0.3, -0.25) is 14.9 Å². The fourth-order valence-electron chi connectivity index (χ4n) is 4.49. The highest BCUT2D eigenvalue weighted by Crippen LogP contribution is 2.35. The summed E-state index contributed by atoms with van der Waals surface area (Å²) < 4.78 is 5.76. The van der Waals surface area contributed by atoms with Crippen LogP contribution in [0.5, 0.6) is 0 Å². The summed E-state index contributed by atoms with van der Waals surface area (Å²) in [6, 6.07) is 17.2. The summed E-state index contributed by atoms with van der Waals surface area (Å²) in [5, 5.41) is 28.2. The normalized spacial score (nSPS) is 14.8. The first-order valence-corrected chi connectivity index (χ1v) is 11.8. The Balaban J connectivity index is 1.38. The number of carboxylic acids is 1. The Hall–Kier alpha value is -5.38. The molecule has 1 aliphatic rings. The van der Waals surface area contributed by atoms with Gasteiger partial charge in [0.2, 0.25) is 11.8 Å². The van der Waals surface area contributed by atoms with Crippen LogP contribution in [0.4, 0.5) is 0 Å². The van der Waals surface area contributed by atoms with Crippen LogP contribution in [0.15, 0.2) is 77.5 Å². The van der Waals surface area contributed by atoms with Crippen LogP contribution in [0.25, 0.3) is 34.7 Å². The Morgan fingerprint density at radius 1 is 0.974 bits per heavy atom. The van der Waals surface area contributed by atoms with Crippen molar-refractivity contribution in [2.45, 2.75) is 12.5 Å². The molecule has 1 aliphatic heterocycles. The van der Waals surface area contributed by atoms with Gasteiger partial charge in [-0.05, 0) is 54.0 Å². The average Bonchev–Trinajstić information content (AvgIpc) is 3.60. The Bertz CT molecular complexity index is 1670. The number of carbonyl (C=O) groups is 2. The number of nitrogens with zero attached hydrogens (tertiary/aromatic N) is 4. The average molecular weight is 505 g/mol. The van der Waals surface area contributed by atoms with E-state index < -0.39 is 5.97 Å². The highest BCUT2D eigenvalue weighted by Gasteiger charge is 2.29. The van der Waals surface area contributed by atoms with E-state index in [0.717, 1.165) is 22.3 Å². The quantitative estimate of drug-likeness (QED) is 0.308. The van der Waals surface area contributed by atoms with Gasteiger partial charge >= 0.3 is 5.97 Å². The zero-order chi connectivity index (χ0) is 26.1. The monoisotopic (exact) mass is 504 g/mol. The minimum absolute atomic E-state index is 0.162. The first-order chi connectivity index (χ1) is 18.6. The molecule has 0 bridgehead atoms. The van der Waals surface area contributed by atoms with Gasteiger partial charge in [-0.2, -0.15) is 5.10 Å². The molecule has 0 radical (unpaired) electrons. The molecule has 0 saturated carbocycles. The Morgan fingerprint density at radius 3 is 2.55 bits per heavy atom. The van der Waals surface area contributed by atoms with Gasteiger partial charge in [0.15, 0.2) is 0 Å². The van der Waals surface area contributed by atoms with Crippen LogP contribution in [0.2, 0.25) is 0 Å². The van der Waals surface area contributed by atoms with Gasteiger partial charge in [0.05, 0.1) is 23.0 Å². The second-order valence-electron chi connectivity index (χ2n) is 8.68. The van der Waals surface area contributed by atoms with Crippen LogP contribution >= 0.6 is 0 Å². The number of hydrogen-bond acceptors (Lipinski definition) is 7. The third kappa shape index (κ3) is 4.35. The molecule has 10 nitrogen and oxygen atoms in total. The van der Waals surface area contributed by atoms with E-state index in [1.54, 1.807) is 54.9 Å². The van der Waals surface area contributed by atoms with E-state index in [-0.39, 0.29) is 23.4 Å². The van der Waals surface area contributed by atoms with Gasteiger partial charge in [0.1, 0.15) is 0 Å². The van der Waals surface area contributed by atoms with E-state index in [2.05, 4.69) is 30.7 Å². The van der Waals surface area contributed by atoms with E-state index in [4.69, 9.17) is 4.42 Å². The van der Waals surface area contributed by atoms with Gasteiger partial charge in [-0.1, -0.05) is 30.3 Å². The second kappa shape index (κ2) is 9.58. The molecule has 0 spiro atoms. The maximum absolute atomic E-state index is 12.8. The molecule has 186 valence electrons. The number of carboxylic acid groups (broad SMARTS) is 1.